The quantitative estimate of drug-likeness (QED) is 0.359. The minimum absolute atomic E-state index is 0.0436. The lowest BCUT2D eigenvalue weighted by molar-refractivity contribution is -0.388. The molecule has 0 aliphatic carbocycles. The van der Waals surface area contributed by atoms with Gasteiger partial charge in [-0.3, -0.25) is 10.1 Å². The molecule has 26 heavy (non-hydrogen) atoms. The van der Waals surface area contributed by atoms with E-state index in [4.69, 9.17) is 4.42 Å². The van der Waals surface area contributed by atoms with Crippen molar-refractivity contribution in [1.29, 1.82) is 0 Å². The van der Waals surface area contributed by atoms with Gasteiger partial charge in [0.05, 0.1) is 15.4 Å². The molecule has 0 saturated heterocycles. The maximum atomic E-state index is 12.9. The lowest BCUT2D eigenvalue weighted by Crippen LogP contribution is -2.05. The van der Waals surface area contributed by atoms with Crippen LogP contribution in [0.1, 0.15) is 5.56 Å². The highest BCUT2D eigenvalue weighted by Crippen LogP contribution is 2.39. The van der Waals surface area contributed by atoms with Gasteiger partial charge in [-0.15, -0.1) is 10.2 Å². The summed E-state index contributed by atoms with van der Waals surface area (Å²) < 4.78 is 56.4. The van der Waals surface area contributed by atoms with Crippen molar-refractivity contribution in [2.45, 2.75) is 16.3 Å². The fourth-order valence-electron chi connectivity index (χ4n) is 1.98. The highest BCUT2D eigenvalue weighted by atomic mass is 32.2. The van der Waals surface area contributed by atoms with Gasteiger partial charge in [0.2, 0.25) is 5.89 Å². The standard InChI is InChI=1S/C15H7F4N3O3S/c16-10-4-1-8(2-5-10)13-20-21-14(25-13)26-12-6-3-9(15(17,18)19)7-11(12)22(23)24/h1-7H. The van der Waals surface area contributed by atoms with Crippen molar-refractivity contribution in [2.24, 2.45) is 0 Å². The lowest BCUT2D eigenvalue weighted by atomic mass is 10.2. The summed E-state index contributed by atoms with van der Waals surface area (Å²) in [6.45, 7) is 0. The Morgan fingerprint density at radius 3 is 2.38 bits per heavy atom. The van der Waals surface area contributed by atoms with E-state index in [9.17, 15) is 27.7 Å². The van der Waals surface area contributed by atoms with Crippen molar-refractivity contribution in [1.82, 2.24) is 10.2 Å². The zero-order chi connectivity index (χ0) is 18.9. The highest BCUT2D eigenvalue weighted by molar-refractivity contribution is 7.99. The third-order valence-electron chi connectivity index (χ3n) is 3.18. The van der Waals surface area contributed by atoms with Crippen LogP contribution in [0.4, 0.5) is 23.2 Å². The summed E-state index contributed by atoms with van der Waals surface area (Å²) in [5.74, 6) is -0.412. The third-order valence-corrected chi connectivity index (χ3v) is 4.08. The Bertz CT molecular complexity index is 958. The fourth-order valence-corrected chi connectivity index (χ4v) is 2.74. The Balaban J connectivity index is 1.89. The molecule has 3 aromatic rings. The first-order chi connectivity index (χ1) is 12.2. The smallest absolute Gasteiger partial charge is 0.411 e. The number of nitro benzene ring substituents is 1. The Hall–Kier alpha value is -2.95. The Kier molecular flexibility index (Phi) is 4.64. The summed E-state index contributed by atoms with van der Waals surface area (Å²) in [7, 11) is 0. The van der Waals surface area contributed by atoms with Gasteiger partial charge in [0.25, 0.3) is 10.9 Å². The van der Waals surface area contributed by atoms with Crippen LogP contribution in [-0.4, -0.2) is 15.1 Å². The number of alkyl halides is 3. The molecule has 1 aromatic heterocycles. The second-order valence-corrected chi connectivity index (χ2v) is 5.91. The molecule has 0 unspecified atom stereocenters. The predicted molar refractivity (Wildman–Crippen MR) is 81.9 cm³/mol. The minimum atomic E-state index is -4.70. The van der Waals surface area contributed by atoms with E-state index in [1.54, 1.807) is 0 Å². The summed E-state index contributed by atoms with van der Waals surface area (Å²) in [5, 5.41) is 18.4. The van der Waals surface area contributed by atoms with Crippen LogP contribution >= 0.6 is 11.8 Å². The van der Waals surface area contributed by atoms with E-state index < -0.39 is 28.2 Å². The first-order valence-electron chi connectivity index (χ1n) is 6.87. The number of nitro groups is 1. The number of benzene rings is 2. The summed E-state index contributed by atoms with van der Waals surface area (Å²) in [6.07, 6.45) is -4.70. The van der Waals surface area contributed by atoms with Crippen LogP contribution in [0.5, 0.6) is 0 Å². The number of hydrogen-bond acceptors (Lipinski definition) is 6. The molecule has 0 spiro atoms. The number of rotatable bonds is 4. The number of nitrogens with zero attached hydrogens (tertiary/aromatic N) is 3. The van der Waals surface area contributed by atoms with Crippen molar-refractivity contribution in [3.8, 4) is 11.5 Å². The molecule has 0 saturated carbocycles. The minimum Gasteiger partial charge on any atom is -0.411 e. The molecule has 0 aliphatic rings. The van der Waals surface area contributed by atoms with E-state index in [1.165, 1.54) is 24.3 Å². The van der Waals surface area contributed by atoms with Gasteiger partial charge < -0.3 is 4.42 Å². The van der Waals surface area contributed by atoms with E-state index in [1.807, 2.05) is 0 Å². The maximum absolute atomic E-state index is 12.9. The Morgan fingerprint density at radius 2 is 1.77 bits per heavy atom. The molecule has 0 amide bonds. The van der Waals surface area contributed by atoms with Crippen LogP contribution in [0.25, 0.3) is 11.5 Å². The molecular formula is C15H7F4N3O3S. The summed E-state index contributed by atoms with van der Waals surface area (Å²) in [5.41, 5.74) is -1.44. The molecule has 0 atom stereocenters. The summed E-state index contributed by atoms with van der Waals surface area (Å²) in [6, 6.07) is 7.31. The molecular weight excluding hydrogens is 378 g/mol. The van der Waals surface area contributed by atoms with Gasteiger partial charge in [0.1, 0.15) is 5.82 Å². The lowest BCUT2D eigenvalue weighted by Gasteiger charge is -2.07. The molecule has 0 N–H and O–H groups in total. The van der Waals surface area contributed by atoms with E-state index in [0.29, 0.717) is 23.4 Å². The van der Waals surface area contributed by atoms with Crippen molar-refractivity contribution in [2.75, 3.05) is 0 Å². The third kappa shape index (κ3) is 3.82. The van der Waals surface area contributed by atoms with Crippen LogP contribution in [-0.2, 0) is 6.18 Å². The molecule has 0 aliphatic heterocycles. The second kappa shape index (κ2) is 6.75. The molecule has 11 heteroatoms. The summed E-state index contributed by atoms with van der Waals surface area (Å²) in [4.78, 5) is 10.1. The van der Waals surface area contributed by atoms with E-state index in [0.717, 1.165) is 12.1 Å². The Labute approximate surface area is 147 Å². The molecule has 0 fully saturated rings. The number of aromatic nitrogens is 2. The molecule has 1 heterocycles. The first kappa shape index (κ1) is 17.9. The number of halogens is 4. The number of hydrogen-bond donors (Lipinski definition) is 0. The monoisotopic (exact) mass is 385 g/mol. The van der Waals surface area contributed by atoms with Crippen LogP contribution in [0.3, 0.4) is 0 Å². The van der Waals surface area contributed by atoms with Gasteiger partial charge in [-0.1, -0.05) is 0 Å². The van der Waals surface area contributed by atoms with Crippen molar-refractivity contribution < 1.29 is 26.9 Å². The van der Waals surface area contributed by atoms with Crippen molar-refractivity contribution in [3.63, 3.8) is 0 Å². The van der Waals surface area contributed by atoms with Crippen LogP contribution in [0.15, 0.2) is 57.0 Å². The van der Waals surface area contributed by atoms with Gasteiger partial charge in [-0.2, -0.15) is 13.2 Å². The Morgan fingerprint density at radius 1 is 1.08 bits per heavy atom. The predicted octanol–water partition coefficient (Wildman–Crippen LogP) is 4.95. The van der Waals surface area contributed by atoms with E-state index >= 15 is 0 Å². The molecule has 134 valence electrons. The molecule has 0 bridgehead atoms. The van der Waals surface area contributed by atoms with Crippen molar-refractivity contribution >= 4 is 17.4 Å². The average Bonchev–Trinajstić information content (AvgIpc) is 3.03. The van der Waals surface area contributed by atoms with Crippen molar-refractivity contribution in [3.05, 3.63) is 64.0 Å². The van der Waals surface area contributed by atoms with E-state index in [-0.39, 0.29) is 16.0 Å². The SMILES string of the molecule is O=[N+]([O-])c1cc(C(F)(F)F)ccc1Sc1nnc(-c2ccc(F)cc2)o1. The largest absolute Gasteiger partial charge is 0.416 e. The fraction of sp³-hybridized carbons (Fsp3) is 0.0667. The van der Waals surface area contributed by atoms with Gasteiger partial charge in [0.15, 0.2) is 0 Å². The normalized spacial score (nSPS) is 11.5. The van der Waals surface area contributed by atoms with Gasteiger partial charge in [0, 0.05) is 11.6 Å². The van der Waals surface area contributed by atoms with Crippen LogP contribution in [0.2, 0.25) is 0 Å². The topological polar surface area (TPSA) is 82.1 Å². The van der Waals surface area contributed by atoms with Crippen LogP contribution in [0, 0.1) is 15.9 Å². The summed E-state index contributed by atoms with van der Waals surface area (Å²) >= 11 is 0.657. The second-order valence-electron chi connectivity index (χ2n) is 4.92. The zero-order valence-electron chi connectivity index (χ0n) is 12.5. The molecule has 2 aromatic carbocycles. The molecule has 3 rings (SSSR count). The highest BCUT2D eigenvalue weighted by Gasteiger charge is 2.33. The van der Waals surface area contributed by atoms with Crippen LogP contribution < -0.4 is 0 Å². The van der Waals surface area contributed by atoms with Gasteiger partial charge in [-0.05, 0) is 48.2 Å². The van der Waals surface area contributed by atoms with E-state index in [2.05, 4.69) is 10.2 Å². The zero-order valence-corrected chi connectivity index (χ0v) is 13.3. The maximum Gasteiger partial charge on any atom is 0.416 e. The average molecular weight is 385 g/mol. The van der Waals surface area contributed by atoms with Gasteiger partial charge >= 0.3 is 6.18 Å². The molecule has 0 radical (unpaired) electrons. The molecule has 6 nitrogen and oxygen atoms in total. The first-order valence-corrected chi connectivity index (χ1v) is 7.68. The van der Waals surface area contributed by atoms with Gasteiger partial charge in [-0.25, -0.2) is 4.39 Å².